The van der Waals surface area contributed by atoms with Crippen molar-refractivity contribution in [2.24, 2.45) is 5.92 Å². The molecular formula is C15H18F2. The highest BCUT2D eigenvalue weighted by Gasteiger charge is 2.24. The fourth-order valence-electron chi connectivity index (χ4n) is 2.78. The predicted octanol–water partition coefficient (Wildman–Crippen LogP) is 4.81. The molecule has 0 nitrogen and oxygen atoms in total. The highest BCUT2D eigenvalue weighted by atomic mass is 19.2. The van der Waals surface area contributed by atoms with Crippen LogP contribution < -0.4 is 0 Å². The number of allylic oxidation sites excluding steroid dienone is 1. The minimum absolute atomic E-state index is 0.187. The van der Waals surface area contributed by atoms with Gasteiger partial charge in [0.05, 0.1) is 0 Å². The third-order valence-corrected chi connectivity index (χ3v) is 3.77. The maximum atomic E-state index is 13.6. The van der Waals surface area contributed by atoms with Crippen LogP contribution in [0.1, 0.15) is 43.6 Å². The zero-order chi connectivity index (χ0) is 12.3. The van der Waals surface area contributed by atoms with Crippen LogP contribution in [0.25, 0.3) is 0 Å². The zero-order valence-electron chi connectivity index (χ0n) is 9.96. The Morgan fingerprint density at radius 3 is 2.53 bits per heavy atom. The van der Waals surface area contributed by atoms with Gasteiger partial charge in [-0.05, 0) is 55.6 Å². The molecule has 17 heavy (non-hydrogen) atoms. The standard InChI is InChI=1S/C15H18F2/c1-2-4-11-7-9-12(10-8-11)13-5-3-6-14(16)15(13)17/h2-3,5-6,11-12H,1,4,7-10H2. The summed E-state index contributed by atoms with van der Waals surface area (Å²) in [6.07, 6.45) is 7.09. The maximum Gasteiger partial charge on any atom is 0.162 e. The molecule has 92 valence electrons. The second-order valence-corrected chi connectivity index (χ2v) is 4.89. The molecule has 0 radical (unpaired) electrons. The van der Waals surface area contributed by atoms with E-state index in [1.54, 1.807) is 12.1 Å². The number of rotatable bonds is 3. The van der Waals surface area contributed by atoms with Gasteiger partial charge in [-0.25, -0.2) is 8.78 Å². The summed E-state index contributed by atoms with van der Waals surface area (Å²) in [5.41, 5.74) is 0.557. The van der Waals surface area contributed by atoms with Crippen molar-refractivity contribution in [3.8, 4) is 0 Å². The summed E-state index contributed by atoms with van der Waals surface area (Å²) in [5, 5.41) is 0. The number of hydrogen-bond acceptors (Lipinski definition) is 0. The molecule has 2 heteroatoms. The fourth-order valence-corrected chi connectivity index (χ4v) is 2.78. The topological polar surface area (TPSA) is 0 Å². The van der Waals surface area contributed by atoms with Gasteiger partial charge in [0.2, 0.25) is 0 Å². The van der Waals surface area contributed by atoms with Gasteiger partial charge in [-0.15, -0.1) is 6.58 Å². The van der Waals surface area contributed by atoms with Gasteiger partial charge in [0.1, 0.15) is 0 Å². The molecule has 0 atom stereocenters. The Morgan fingerprint density at radius 2 is 1.88 bits per heavy atom. The SMILES string of the molecule is C=CCC1CCC(c2cccc(F)c2F)CC1. The van der Waals surface area contributed by atoms with E-state index in [4.69, 9.17) is 0 Å². The average molecular weight is 236 g/mol. The molecule has 2 rings (SSSR count). The van der Waals surface area contributed by atoms with E-state index in [0.717, 1.165) is 32.1 Å². The minimum Gasteiger partial charge on any atom is -0.204 e. The first-order chi connectivity index (χ1) is 8.22. The van der Waals surface area contributed by atoms with Crippen molar-refractivity contribution in [1.29, 1.82) is 0 Å². The maximum absolute atomic E-state index is 13.6. The largest absolute Gasteiger partial charge is 0.204 e. The van der Waals surface area contributed by atoms with Crippen LogP contribution in [0.2, 0.25) is 0 Å². The van der Waals surface area contributed by atoms with E-state index >= 15 is 0 Å². The molecule has 1 aromatic rings. The molecule has 1 aromatic carbocycles. The molecule has 0 saturated heterocycles. The van der Waals surface area contributed by atoms with Crippen LogP contribution in [0.15, 0.2) is 30.9 Å². The Bertz CT molecular complexity index is 390. The van der Waals surface area contributed by atoms with Gasteiger partial charge < -0.3 is 0 Å². The lowest BCUT2D eigenvalue weighted by Gasteiger charge is -2.28. The number of halogens is 2. The van der Waals surface area contributed by atoms with E-state index in [0.29, 0.717) is 11.5 Å². The van der Waals surface area contributed by atoms with Crippen LogP contribution in [0.4, 0.5) is 8.78 Å². The lowest BCUT2D eigenvalue weighted by atomic mass is 9.77. The summed E-state index contributed by atoms with van der Waals surface area (Å²) in [6, 6.07) is 4.50. The third kappa shape index (κ3) is 2.74. The van der Waals surface area contributed by atoms with Crippen molar-refractivity contribution >= 4 is 0 Å². The van der Waals surface area contributed by atoms with Crippen molar-refractivity contribution in [3.05, 3.63) is 48.1 Å². The Hall–Kier alpha value is -1.18. The second kappa shape index (κ2) is 5.44. The second-order valence-electron chi connectivity index (χ2n) is 4.89. The molecule has 0 aliphatic heterocycles. The molecule has 0 N–H and O–H groups in total. The summed E-state index contributed by atoms with van der Waals surface area (Å²) in [7, 11) is 0. The average Bonchev–Trinajstić information content (AvgIpc) is 2.34. The van der Waals surface area contributed by atoms with Gasteiger partial charge in [-0.2, -0.15) is 0 Å². The van der Waals surface area contributed by atoms with Gasteiger partial charge in [0, 0.05) is 0 Å². The van der Waals surface area contributed by atoms with Crippen LogP contribution in [0, 0.1) is 17.6 Å². The van der Waals surface area contributed by atoms with Crippen molar-refractivity contribution in [2.75, 3.05) is 0 Å². The molecule has 0 amide bonds. The number of benzene rings is 1. The van der Waals surface area contributed by atoms with Gasteiger partial charge >= 0.3 is 0 Å². The zero-order valence-corrected chi connectivity index (χ0v) is 9.96. The smallest absolute Gasteiger partial charge is 0.162 e. The van der Waals surface area contributed by atoms with Crippen LogP contribution >= 0.6 is 0 Å². The van der Waals surface area contributed by atoms with Crippen molar-refractivity contribution < 1.29 is 8.78 Å². The minimum atomic E-state index is -0.726. The lowest BCUT2D eigenvalue weighted by molar-refractivity contribution is 0.321. The van der Waals surface area contributed by atoms with Crippen LogP contribution in [0.3, 0.4) is 0 Å². The molecule has 1 saturated carbocycles. The summed E-state index contributed by atoms with van der Waals surface area (Å²) in [6.45, 7) is 3.75. The van der Waals surface area contributed by atoms with E-state index in [-0.39, 0.29) is 5.92 Å². The van der Waals surface area contributed by atoms with E-state index < -0.39 is 11.6 Å². The van der Waals surface area contributed by atoms with Crippen LogP contribution in [-0.4, -0.2) is 0 Å². The molecule has 1 aliphatic rings. The highest BCUT2D eigenvalue weighted by Crippen LogP contribution is 2.38. The monoisotopic (exact) mass is 236 g/mol. The van der Waals surface area contributed by atoms with Gasteiger partial charge in [-0.1, -0.05) is 18.2 Å². The third-order valence-electron chi connectivity index (χ3n) is 3.77. The van der Waals surface area contributed by atoms with E-state index in [9.17, 15) is 8.78 Å². The van der Waals surface area contributed by atoms with Crippen LogP contribution in [-0.2, 0) is 0 Å². The van der Waals surface area contributed by atoms with Crippen molar-refractivity contribution in [3.63, 3.8) is 0 Å². The Morgan fingerprint density at radius 1 is 1.18 bits per heavy atom. The quantitative estimate of drug-likeness (QED) is 0.660. The predicted molar refractivity (Wildman–Crippen MR) is 65.9 cm³/mol. The van der Waals surface area contributed by atoms with Crippen molar-refractivity contribution in [2.45, 2.75) is 38.0 Å². The molecular weight excluding hydrogens is 218 g/mol. The van der Waals surface area contributed by atoms with Crippen LogP contribution in [0.5, 0.6) is 0 Å². The van der Waals surface area contributed by atoms with Gasteiger partial charge in [0.25, 0.3) is 0 Å². The highest BCUT2D eigenvalue weighted by molar-refractivity contribution is 5.23. The molecule has 0 aromatic heterocycles. The summed E-state index contributed by atoms with van der Waals surface area (Å²) < 4.78 is 26.8. The molecule has 0 bridgehead atoms. The Kier molecular flexibility index (Phi) is 3.93. The Labute approximate surface area is 101 Å². The van der Waals surface area contributed by atoms with Gasteiger partial charge in [-0.3, -0.25) is 0 Å². The van der Waals surface area contributed by atoms with Crippen molar-refractivity contribution in [1.82, 2.24) is 0 Å². The first kappa shape index (κ1) is 12.3. The first-order valence-electron chi connectivity index (χ1n) is 6.27. The fraction of sp³-hybridized carbons (Fsp3) is 0.467. The van der Waals surface area contributed by atoms with E-state index in [2.05, 4.69) is 6.58 Å². The number of hydrogen-bond donors (Lipinski definition) is 0. The molecule has 1 fully saturated rings. The van der Waals surface area contributed by atoms with Gasteiger partial charge in [0.15, 0.2) is 11.6 Å². The summed E-state index contributed by atoms with van der Waals surface area (Å²) in [4.78, 5) is 0. The van der Waals surface area contributed by atoms with E-state index in [1.165, 1.54) is 6.07 Å². The summed E-state index contributed by atoms with van der Waals surface area (Å²) in [5.74, 6) is -0.512. The lowest BCUT2D eigenvalue weighted by Crippen LogP contribution is -2.14. The normalized spacial score (nSPS) is 24.6. The Balaban J connectivity index is 2.05. The summed E-state index contributed by atoms with van der Waals surface area (Å²) >= 11 is 0. The molecule has 0 heterocycles. The van der Waals surface area contributed by atoms with E-state index in [1.807, 2.05) is 6.08 Å². The first-order valence-corrected chi connectivity index (χ1v) is 6.27. The molecule has 0 unspecified atom stereocenters. The molecule has 0 spiro atoms. The molecule has 1 aliphatic carbocycles.